The molecule has 136 valence electrons. The third-order valence-electron chi connectivity index (χ3n) is 4.20. The van der Waals surface area contributed by atoms with Gasteiger partial charge in [0, 0.05) is 12.2 Å². The number of ether oxygens (including phenoxy) is 1. The molecule has 0 atom stereocenters. The lowest BCUT2D eigenvalue weighted by Crippen LogP contribution is -1.99. The first-order chi connectivity index (χ1) is 12.3. The van der Waals surface area contributed by atoms with Gasteiger partial charge < -0.3 is 9.84 Å². The van der Waals surface area contributed by atoms with E-state index in [1.54, 1.807) is 12.4 Å². The SMILES string of the molecule is CCCc1ccc(-c2ncc(OCCCCCCCCO)cn2)cc1. The maximum atomic E-state index is 8.73. The van der Waals surface area contributed by atoms with Crippen LogP contribution in [0.3, 0.4) is 0 Å². The average Bonchev–Trinajstić information content (AvgIpc) is 2.65. The summed E-state index contributed by atoms with van der Waals surface area (Å²) in [7, 11) is 0. The Morgan fingerprint density at radius 2 is 1.52 bits per heavy atom. The topological polar surface area (TPSA) is 55.2 Å². The molecule has 25 heavy (non-hydrogen) atoms. The molecular formula is C21H30N2O2. The molecule has 0 bridgehead atoms. The molecule has 4 nitrogen and oxygen atoms in total. The van der Waals surface area contributed by atoms with E-state index in [1.807, 2.05) is 0 Å². The Bertz CT molecular complexity index is 582. The van der Waals surface area contributed by atoms with Crippen LogP contribution in [0.4, 0.5) is 0 Å². The molecule has 2 aromatic rings. The number of nitrogens with zero attached hydrogens (tertiary/aromatic N) is 2. The Labute approximate surface area is 151 Å². The molecule has 0 amide bonds. The van der Waals surface area contributed by atoms with Crippen molar-refractivity contribution in [3.05, 3.63) is 42.2 Å². The first-order valence-electron chi connectivity index (χ1n) is 9.48. The molecule has 0 radical (unpaired) electrons. The van der Waals surface area contributed by atoms with Crippen molar-refractivity contribution in [3.63, 3.8) is 0 Å². The highest BCUT2D eigenvalue weighted by molar-refractivity contribution is 5.55. The molecule has 0 aliphatic carbocycles. The van der Waals surface area contributed by atoms with Crippen molar-refractivity contribution < 1.29 is 9.84 Å². The van der Waals surface area contributed by atoms with E-state index in [0.717, 1.165) is 55.7 Å². The quantitative estimate of drug-likeness (QED) is 0.563. The first kappa shape index (κ1) is 19.4. The molecule has 1 N–H and O–H groups in total. The van der Waals surface area contributed by atoms with Gasteiger partial charge in [-0.3, -0.25) is 0 Å². The fourth-order valence-electron chi connectivity index (χ4n) is 2.76. The summed E-state index contributed by atoms with van der Waals surface area (Å²) >= 11 is 0. The van der Waals surface area contributed by atoms with Crippen molar-refractivity contribution in [1.82, 2.24) is 9.97 Å². The minimum atomic E-state index is 0.308. The van der Waals surface area contributed by atoms with E-state index in [2.05, 4.69) is 41.2 Å². The van der Waals surface area contributed by atoms with Gasteiger partial charge in [0.2, 0.25) is 0 Å². The molecule has 1 aromatic carbocycles. The van der Waals surface area contributed by atoms with E-state index in [4.69, 9.17) is 9.84 Å². The van der Waals surface area contributed by atoms with E-state index in [-0.39, 0.29) is 0 Å². The maximum Gasteiger partial charge on any atom is 0.159 e. The van der Waals surface area contributed by atoms with Crippen LogP contribution >= 0.6 is 0 Å². The lowest BCUT2D eigenvalue weighted by molar-refractivity contribution is 0.280. The van der Waals surface area contributed by atoms with Crippen molar-refractivity contribution in [1.29, 1.82) is 0 Å². The summed E-state index contributed by atoms with van der Waals surface area (Å²) in [6, 6.07) is 8.45. The molecule has 1 aromatic heterocycles. The van der Waals surface area contributed by atoms with Gasteiger partial charge in [-0.25, -0.2) is 9.97 Å². The number of rotatable bonds is 12. The molecule has 0 fully saturated rings. The van der Waals surface area contributed by atoms with Crippen LogP contribution in [-0.4, -0.2) is 28.3 Å². The zero-order chi connectivity index (χ0) is 17.7. The molecule has 0 spiro atoms. The van der Waals surface area contributed by atoms with Gasteiger partial charge in [-0.15, -0.1) is 0 Å². The molecule has 4 heteroatoms. The minimum Gasteiger partial charge on any atom is -0.490 e. The smallest absolute Gasteiger partial charge is 0.159 e. The van der Waals surface area contributed by atoms with Crippen LogP contribution in [0.2, 0.25) is 0 Å². The second kappa shape index (κ2) is 11.6. The highest BCUT2D eigenvalue weighted by atomic mass is 16.5. The van der Waals surface area contributed by atoms with Gasteiger partial charge >= 0.3 is 0 Å². The van der Waals surface area contributed by atoms with Gasteiger partial charge in [-0.05, 0) is 24.8 Å². The van der Waals surface area contributed by atoms with Crippen LogP contribution in [0, 0.1) is 0 Å². The predicted octanol–water partition coefficient (Wildman–Crippen LogP) is 4.81. The number of aliphatic hydroxyl groups is 1. The predicted molar refractivity (Wildman–Crippen MR) is 102 cm³/mol. The average molecular weight is 342 g/mol. The Morgan fingerprint density at radius 1 is 0.880 bits per heavy atom. The zero-order valence-corrected chi connectivity index (χ0v) is 15.3. The van der Waals surface area contributed by atoms with Crippen molar-refractivity contribution >= 4 is 0 Å². The third-order valence-corrected chi connectivity index (χ3v) is 4.20. The largest absolute Gasteiger partial charge is 0.490 e. The minimum absolute atomic E-state index is 0.308. The van der Waals surface area contributed by atoms with E-state index in [9.17, 15) is 0 Å². The van der Waals surface area contributed by atoms with E-state index in [0.29, 0.717) is 13.2 Å². The number of hydrogen-bond donors (Lipinski definition) is 1. The van der Waals surface area contributed by atoms with Gasteiger partial charge in [0.1, 0.15) is 0 Å². The number of aliphatic hydroxyl groups excluding tert-OH is 1. The number of benzene rings is 1. The fraction of sp³-hybridized carbons (Fsp3) is 0.524. The van der Waals surface area contributed by atoms with Crippen LogP contribution in [0.5, 0.6) is 5.75 Å². The molecule has 0 aliphatic rings. The summed E-state index contributed by atoms with van der Waals surface area (Å²) < 4.78 is 5.71. The van der Waals surface area contributed by atoms with Gasteiger partial charge in [0.05, 0.1) is 19.0 Å². The Kier molecular flexibility index (Phi) is 8.98. The number of aromatic nitrogens is 2. The molecule has 1 heterocycles. The molecular weight excluding hydrogens is 312 g/mol. The molecule has 0 saturated heterocycles. The summed E-state index contributed by atoms with van der Waals surface area (Å²) in [5.41, 5.74) is 2.39. The third kappa shape index (κ3) is 7.22. The maximum absolute atomic E-state index is 8.73. The number of unbranched alkanes of at least 4 members (excludes halogenated alkanes) is 5. The fourth-order valence-corrected chi connectivity index (χ4v) is 2.76. The second-order valence-corrected chi connectivity index (χ2v) is 6.38. The second-order valence-electron chi connectivity index (χ2n) is 6.38. The van der Waals surface area contributed by atoms with Crippen LogP contribution in [0.25, 0.3) is 11.4 Å². The Hall–Kier alpha value is -1.94. The summed E-state index contributed by atoms with van der Waals surface area (Å²) in [6.45, 7) is 3.20. The Balaban J connectivity index is 1.70. The van der Waals surface area contributed by atoms with Gasteiger partial charge in [-0.1, -0.05) is 63.3 Å². The zero-order valence-electron chi connectivity index (χ0n) is 15.3. The van der Waals surface area contributed by atoms with E-state index >= 15 is 0 Å². The molecule has 2 rings (SSSR count). The summed E-state index contributed by atoms with van der Waals surface area (Å²) in [4.78, 5) is 8.83. The lowest BCUT2D eigenvalue weighted by atomic mass is 10.1. The van der Waals surface area contributed by atoms with E-state index < -0.39 is 0 Å². The van der Waals surface area contributed by atoms with Crippen LogP contribution < -0.4 is 4.74 Å². The standard InChI is InChI=1S/C21H30N2O2/c1-2-9-18-10-12-19(13-11-18)21-22-16-20(17-23-21)25-15-8-6-4-3-5-7-14-24/h10-13,16-17,24H,2-9,14-15H2,1H3. The van der Waals surface area contributed by atoms with E-state index in [1.165, 1.54) is 18.4 Å². The summed E-state index contributed by atoms with van der Waals surface area (Å²) in [6.07, 6.45) is 12.4. The van der Waals surface area contributed by atoms with Gasteiger partial charge in [-0.2, -0.15) is 0 Å². The van der Waals surface area contributed by atoms with Crippen molar-refractivity contribution in [2.45, 2.75) is 58.3 Å². The highest BCUT2D eigenvalue weighted by Crippen LogP contribution is 2.18. The number of aryl methyl sites for hydroxylation is 1. The normalized spacial score (nSPS) is 10.8. The molecule has 0 saturated carbocycles. The monoisotopic (exact) mass is 342 g/mol. The van der Waals surface area contributed by atoms with Crippen LogP contribution in [0.15, 0.2) is 36.7 Å². The van der Waals surface area contributed by atoms with Crippen LogP contribution in [-0.2, 0) is 6.42 Å². The van der Waals surface area contributed by atoms with Gasteiger partial charge in [0.25, 0.3) is 0 Å². The van der Waals surface area contributed by atoms with Crippen molar-refractivity contribution in [2.24, 2.45) is 0 Å². The highest BCUT2D eigenvalue weighted by Gasteiger charge is 2.02. The lowest BCUT2D eigenvalue weighted by Gasteiger charge is -2.07. The summed E-state index contributed by atoms with van der Waals surface area (Å²) in [5, 5.41) is 8.73. The number of hydrogen-bond acceptors (Lipinski definition) is 4. The van der Waals surface area contributed by atoms with Crippen LogP contribution in [0.1, 0.15) is 57.4 Å². The first-order valence-corrected chi connectivity index (χ1v) is 9.48. The molecule has 0 aliphatic heterocycles. The summed E-state index contributed by atoms with van der Waals surface area (Å²) in [5.74, 6) is 1.46. The van der Waals surface area contributed by atoms with Crippen molar-refractivity contribution in [2.75, 3.05) is 13.2 Å². The van der Waals surface area contributed by atoms with Crippen molar-refractivity contribution in [3.8, 4) is 17.1 Å². The molecule has 0 unspecified atom stereocenters. The Morgan fingerprint density at radius 3 is 2.16 bits per heavy atom. The van der Waals surface area contributed by atoms with Gasteiger partial charge in [0.15, 0.2) is 11.6 Å².